The Bertz CT molecular complexity index is 631. The van der Waals surface area contributed by atoms with Crippen molar-refractivity contribution in [2.24, 2.45) is 5.41 Å². The van der Waals surface area contributed by atoms with Gasteiger partial charge in [0.1, 0.15) is 16.3 Å². The number of methoxy groups -OCH3 is 1. The first-order valence-electron chi connectivity index (χ1n) is 6.20. The minimum atomic E-state index is -0.824. The summed E-state index contributed by atoms with van der Waals surface area (Å²) in [6, 6.07) is 5.68. The topological polar surface area (TPSA) is 63.0 Å². The lowest BCUT2D eigenvalue weighted by atomic mass is 9.68. The molecule has 0 spiro atoms. The molecule has 1 aromatic heterocycles. The van der Waals surface area contributed by atoms with E-state index in [2.05, 4.69) is 20.9 Å². The highest BCUT2D eigenvalue weighted by atomic mass is 79.9. The largest absolute Gasteiger partial charge is 0.369 e. The Kier molecular flexibility index (Phi) is 3.81. The maximum absolute atomic E-state index is 12.2. The number of nitriles is 1. The van der Waals surface area contributed by atoms with Crippen molar-refractivity contribution in [3.8, 4) is 6.07 Å². The highest BCUT2D eigenvalue weighted by molar-refractivity contribution is 9.10. The number of rotatable bonds is 2. The molecule has 0 radical (unpaired) electrons. The summed E-state index contributed by atoms with van der Waals surface area (Å²) in [6.45, 7) is 3.66. The molecule has 0 amide bonds. The number of hydrogen-bond acceptors (Lipinski definition) is 4. The molecule has 1 aliphatic carbocycles. The van der Waals surface area contributed by atoms with Gasteiger partial charge in [-0.05, 0) is 34.5 Å². The second-order valence-corrected chi connectivity index (χ2v) is 6.25. The lowest BCUT2D eigenvalue weighted by Gasteiger charge is -2.40. The van der Waals surface area contributed by atoms with Gasteiger partial charge in [-0.25, -0.2) is 4.98 Å². The van der Waals surface area contributed by atoms with Gasteiger partial charge < -0.3 is 4.74 Å². The summed E-state index contributed by atoms with van der Waals surface area (Å²) in [4.78, 5) is 16.4. The summed E-state index contributed by atoms with van der Waals surface area (Å²) >= 11 is 3.41. The van der Waals surface area contributed by atoms with Crippen molar-refractivity contribution in [1.82, 2.24) is 4.98 Å². The molecule has 20 heavy (non-hydrogen) atoms. The van der Waals surface area contributed by atoms with E-state index in [1.54, 1.807) is 19.4 Å². The monoisotopic (exact) mass is 334 g/mol. The van der Waals surface area contributed by atoms with Crippen LogP contribution in [0.4, 0.5) is 0 Å². The number of aromatic nitrogens is 1. The molecule has 0 bridgehead atoms. The van der Waals surface area contributed by atoms with Gasteiger partial charge in [0.2, 0.25) is 0 Å². The number of ketones is 1. The third-order valence-corrected chi connectivity index (χ3v) is 4.27. The molecule has 1 atom stereocenters. The molecule has 1 aromatic rings. The number of halogens is 1. The van der Waals surface area contributed by atoms with Gasteiger partial charge in [0.25, 0.3) is 0 Å². The quantitative estimate of drug-likeness (QED) is 0.779. The van der Waals surface area contributed by atoms with Crippen molar-refractivity contribution in [3.63, 3.8) is 0 Å². The minimum absolute atomic E-state index is 0.138. The summed E-state index contributed by atoms with van der Waals surface area (Å²) in [5.74, 6) is -0.146. The molecule has 0 saturated heterocycles. The van der Waals surface area contributed by atoms with Gasteiger partial charge in [0.05, 0.1) is 5.57 Å². The number of allylic oxidation sites excluding steroid dienone is 1. The average Bonchev–Trinajstić information content (AvgIpc) is 2.42. The number of nitrogens with zero attached hydrogens (tertiary/aromatic N) is 2. The molecule has 1 aliphatic rings. The first-order valence-corrected chi connectivity index (χ1v) is 6.99. The van der Waals surface area contributed by atoms with E-state index in [0.717, 1.165) is 5.56 Å². The lowest BCUT2D eigenvalue weighted by molar-refractivity contribution is -0.128. The maximum atomic E-state index is 12.2. The van der Waals surface area contributed by atoms with E-state index in [9.17, 15) is 10.1 Å². The fourth-order valence-electron chi connectivity index (χ4n) is 2.65. The molecule has 0 saturated carbocycles. The summed E-state index contributed by atoms with van der Waals surface area (Å²) < 4.78 is 6.37. The SMILES string of the molecule is COC1(c2cccnc2Br)C=C(C#N)C(=O)C(C)(C)C1. The van der Waals surface area contributed by atoms with Crippen molar-refractivity contribution < 1.29 is 9.53 Å². The number of ether oxygens (including phenoxy) is 1. The van der Waals surface area contributed by atoms with Crippen LogP contribution in [-0.2, 0) is 15.1 Å². The Morgan fingerprint density at radius 1 is 1.50 bits per heavy atom. The first-order chi connectivity index (χ1) is 9.36. The second-order valence-electron chi connectivity index (χ2n) is 5.49. The normalized spacial score (nSPS) is 24.9. The minimum Gasteiger partial charge on any atom is -0.369 e. The zero-order valence-electron chi connectivity index (χ0n) is 11.6. The van der Waals surface area contributed by atoms with Crippen molar-refractivity contribution in [1.29, 1.82) is 5.26 Å². The van der Waals surface area contributed by atoms with Crippen LogP contribution in [0.1, 0.15) is 25.8 Å². The molecule has 1 heterocycles. The summed E-state index contributed by atoms with van der Waals surface area (Å²) in [7, 11) is 1.58. The Morgan fingerprint density at radius 3 is 2.75 bits per heavy atom. The van der Waals surface area contributed by atoms with Gasteiger partial charge >= 0.3 is 0 Å². The van der Waals surface area contributed by atoms with Crippen molar-refractivity contribution >= 4 is 21.7 Å². The van der Waals surface area contributed by atoms with Crippen LogP contribution in [0, 0.1) is 16.7 Å². The zero-order valence-corrected chi connectivity index (χ0v) is 13.2. The van der Waals surface area contributed by atoms with Crippen molar-refractivity contribution in [3.05, 3.63) is 40.1 Å². The molecule has 0 aliphatic heterocycles. The van der Waals surface area contributed by atoms with E-state index < -0.39 is 11.0 Å². The standard InChI is InChI=1S/C15H15BrN2O2/c1-14(2)9-15(20-3,7-10(8-17)12(14)19)11-5-4-6-18-13(11)16/h4-7H,9H2,1-3H3. The van der Waals surface area contributed by atoms with Crippen molar-refractivity contribution in [2.75, 3.05) is 7.11 Å². The average molecular weight is 335 g/mol. The maximum Gasteiger partial charge on any atom is 0.178 e. The molecule has 0 aromatic carbocycles. The Morgan fingerprint density at radius 2 is 2.20 bits per heavy atom. The van der Waals surface area contributed by atoms with Gasteiger partial charge in [0, 0.05) is 24.3 Å². The van der Waals surface area contributed by atoms with E-state index >= 15 is 0 Å². The predicted molar refractivity (Wildman–Crippen MR) is 77.7 cm³/mol. The van der Waals surface area contributed by atoms with E-state index in [1.165, 1.54) is 0 Å². The predicted octanol–water partition coefficient (Wildman–Crippen LogP) is 3.13. The molecule has 4 nitrogen and oxygen atoms in total. The van der Waals surface area contributed by atoms with E-state index in [1.807, 2.05) is 32.0 Å². The summed E-state index contributed by atoms with van der Waals surface area (Å²) in [5.41, 5.74) is -0.532. The number of hydrogen-bond donors (Lipinski definition) is 0. The van der Waals surface area contributed by atoms with Crippen LogP contribution in [0.5, 0.6) is 0 Å². The van der Waals surface area contributed by atoms with Gasteiger partial charge in [-0.1, -0.05) is 19.9 Å². The smallest absolute Gasteiger partial charge is 0.178 e. The lowest BCUT2D eigenvalue weighted by Crippen LogP contribution is -2.42. The van der Waals surface area contributed by atoms with E-state index in [0.29, 0.717) is 11.0 Å². The van der Waals surface area contributed by atoms with Crippen molar-refractivity contribution in [2.45, 2.75) is 25.9 Å². The molecular weight excluding hydrogens is 320 g/mol. The van der Waals surface area contributed by atoms with Gasteiger partial charge in [-0.2, -0.15) is 5.26 Å². The molecule has 0 N–H and O–H groups in total. The second kappa shape index (κ2) is 5.12. The van der Waals surface area contributed by atoms with E-state index in [-0.39, 0.29) is 11.4 Å². The number of carbonyl (C=O) groups is 1. The molecule has 104 valence electrons. The van der Waals surface area contributed by atoms with Crippen LogP contribution in [0.2, 0.25) is 0 Å². The molecule has 5 heteroatoms. The van der Waals surface area contributed by atoms with Gasteiger partial charge in [0.15, 0.2) is 5.78 Å². The Balaban J connectivity index is 2.68. The molecule has 2 rings (SSSR count). The Hall–Kier alpha value is -1.51. The fraction of sp³-hybridized carbons (Fsp3) is 0.400. The molecule has 0 fully saturated rings. The molecule has 1 unspecified atom stereocenters. The zero-order chi connectivity index (χ0) is 15.0. The summed E-state index contributed by atoms with van der Waals surface area (Å²) in [6.07, 6.45) is 3.75. The Labute approximate surface area is 126 Å². The van der Waals surface area contributed by atoms with E-state index in [4.69, 9.17) is 4.74 Å². The van der Waals surface area contributed by atoms with Crippen LogP contribution in [0.15, 0.2) is 34.6 Å². The molecular formula is C15H15BrN2O2. The number of carbonyl (C=O) groups excluding carboxylic acids is 1. The first kappa shape index (κ1) is 14.9. The fourth-order valence-corrected chi connectivity index (χ4v) is 3.24. The third kappa shape index (κ3) is 2.30. The van der Waals surface area contributed by atoms with Crippen LogP contribution in [-0.4, -0.2) is 17.9 Å². The highest BCUT2D eigenvalue weighted by Gasteiger charge is 2.47. The van der Waals surface area contributed by atoms with Gasteiger partial charge in [-0.15, -0.1) is 0 Å². The van der Waals surface area contributed by atoms with Crippen LogP contribution in [0.3, 0.4) is 0 Å². The highest BCUT2D eigenvalue weighted by Crippen LogP contribution is 2.46. The number of Topliss-reactive ketones (excluding diaryl/α,β-unsaturated/α-hetero) is 1. The number of pyridine rings is 1. The van der Waals surface area contributed by atoms with Crippen LogP contribution in [0.25, 0.3) is 0 Å². The summed E-state index contributed by atoms with van der Waals surface area (Å²) in [5, 5.41) is 9.22. The third-order valence-electron chi connectivity index (χ3n) is 3.64. The van der Waals surface area contributed by atoms with Gasteiger partial charge in [-0.3, -0.25) is 4.79 Å². The van der Waals surface area contributed by atoms with Crippen LogP contribution < -0.4 is 0 Å². The van der Waals surface area contributed by atoms with Crippen LogP contribution >= 0.6 is 15.9 Å².